The summed E-state index contributed by atoms with van der Waals surface area (Å²) in [5, 5.41) is 4.66. The molecule has 3 N–H and O–H groups in total. The molecule has 29 heavy (non-hydrogen) atoms. The molecule has 4 aromatic rings. The van der Waals surface area contributed by atoms with Crippen molar-refractivity contribution in [2.75, 3.05) is 5.32 Å². The average Bonchev–Trinajstić information content (AvgIpc) is 3.20. The number of hydrogen-bond acceptors (Lipinski definition) is 3. The van der Waals surface area contributed by atoms with Crippen molar-refractivity contribution >= 4 is 16.7 Å². The van der Waals surface area contributed by atoms with Crippen molar-refractivity contribution in [2.45, 2.75) is 38.9 Å². The monoisotopic (exact) mass is 384 g/mol. The van der Waals surface area contributed by atoms with E-state index in [2.05, 4.69) is 87.8 Å². The van der Waals surface area contributed by atoms with Crippen LogP contribution >= 0.6 is 0 Å². The first-order chi connectivity index (χ1) is 14.3. The van der Waals surface area contributed by atoms with Gasteiger partial charge in [-0.1, -0.05) is 54.6 Å². The van der Waals surface area contributed by atoms with Gasteiger partial charge in [0.2, 0.25) is 0 Å². The maximum atomic E-state index is 5.67. The number of pyridine rings is 1. The molecule has 4 nitrogen and oxygen atoms in total. The van der Waals surface area contributed by atoms with Crippen LogP contribution in [0.15, 0.2) is 79.1 Å². The van der Waals surface area contributed by atoms with Crippen molar-refractivity contribution in [1.29, 1.82) is 0 Å². The number of nitrogens with zero attached hydrogens (tertiary/aromatic N) is 2. The molecule has 0 aliphatic rings. The van der Waals surface area contributed by atoms with Crippen molar-refractivity contribution in [3.63, 3.8) is 0 Å². The predicted octanol–water partition coefficient (Wildman–Crippen LogP) is 5.13. The summed E-state index contributed by atoms with van der Waals surface area (Å²) in [6.07, 6.45) is 7.56. The van der Waals surface area contributed by atoms with Crippen molar-refractivity contribution in [1.82, 2.24) is 9.55 Å². The molecule has 0 saturated carbocycles. The van der Waals surface area contributed by atoms with Gasteiger partial charge in [-0.25, -0.2) is 4.98 Å². The zero-order valence-corrected chi connectivity index (χ0v) is 16.7. The lowest BCUT2D eigenvalue weighted by Crippen LogP contribution is -2.03. The third-order valence-electron chi connectivity index (χ3n) is 5.37. The van der Waals surface area contributed by atoms with E-state index in [-0.39, 0.29) is 0 Å². The third-order valence-corrected chi connectivity index (χ3v) is 5.37. The van der Waals surface area contributed by atoms with Crippen LogP contribution in [0.1, 0.15) is 29.5 Å². The summed E-state index contributed by atoms with van der Waals surface area (Å²) in [7, 11) is 0. The second kappa shape index (κ2) is 9.39. The number of rotatable bonds is 9. The van der Waals surface area contributed by atoms with E-state index in [1.165, 1.54) is 28.5 Å². The van der Waals surface area contributed by atoms with Crippen molar-refractivity contribution in [2.24, 2.45) is 5.73 Å². The molecule has 148 valence electrons. The van der Waals surface area contributed by atoms with Gasteiger partial charge in [-0.05, 0) is 48.1 Å². The largest absolute Gasteiger partial charge is 0.365 e. The number of aryl methyl sites for hydroxylation is 2. The number of anilines is 1. The van der Waals surface area contributed by atoms with E-state index in [0.717, 1.165) is 37.3 Å². The molecule has 0 spiro atoms. The normalized spacial score (nSPS) is 11.1. The maximum Gasteiger partial charge on any atom is 0.135 e. The zero-order chi connectivity index (χ0) is 19.9. The Morgan fingerprint density at radius 1 is 0.828 bits per heavy atom. The van der Waals surface area contributed by atoms with Crippen LogP contribution in [0, 0.1) is 0 Å². The molecule has 4 rings (SSSR count). The van der Waals surface area contributed by atoms with Crippen LogP contribution in [-0.4, -0.2) is 9.55 Å². The molecular formula is C25H28N4. The summed E-state index contributed by atoms with van der Waals surface area (Å²) in [6.45, 7) is 2.35. The molecule has 0 unspecified atom stereocenters. The molecule has 0 bridgehead atoms. The fraction of sp³-hybridized carbons (Fsp3) is 0.240. The first-order valence-corrected chi connectivity index (χ1v) is 10.3. The molecule has 2 aromatic carbocycles. The fourth-order valence-corrected chi connectivity index (χ4v) is 3.69. The van der Waals surface area contributed by atoms with E-state index >= 15 is 0 Å². The van der Waals surface area contributed by atoms with Gasteiger partial charge in [0.25, 0.3) is 0 Å². The highest BCUT2D eigenvalue weighted by molar-refractivity contribution is 5.90. The first kappa shape index (κ1) is 19.2. The second-order valence-corrected chi connectivity index (χ2v) is 7.42. The van der Waals surface area contributed by atoms with Gasteiger partial charge in [-0.2, -0.15) is 0 Å². The Balaban J connectivity index is 1.37. The molecule has 4 heteroatoms. The van der Waals surface area contributed by atoms with Crippen LogP contribution < -0.4 is 11.1 Å². The Labute approximate surface area is 172 Å². The highest BCUT2D eigenvalue weighted by Gasteiger charge is 2.07. The molecule has 0 fully saturated rings. The molecule has 0 atom stereocenters. The van der Waals surface area contributed by atoms with E-state index in [9.17, 15) is 0 Å². The summed E-state index contributed by atoms with van der Waals surface area (Å²) in [5.74, 6) is 0.938. The van der Waals surface area contributed by atoms with Gasteiger partial charge in [-0.15, -0.1) is 0 Å². The van der Waals surface area contributed by atoms with Gasteiger partial charge < -0.3 is 15.6 Å². The highest BCUT2D eigenvalue weighted by atomic mass is 15.0. The van der Waals surface area contributed by atoms with E-state index in [1.54, 1.807) is 0 Å². The molecule has 2 heterocycles. The van der Waals surface area contributed by atoms with Crippen LogP contribution in [0.2, 0.25) is 0 Å². The zero-order valence-electron chi connectivity index (χ0n) is 16.7. The summed E-state index contributed by atoms with van der Waals surface area (Å²) in [4.78, 5) is 4.56. The van der Waals surface area contributed by atoms with E-state index in [0.29, 0.717) is 6.54 Å². The van der Waals surface area contributed by atoms with Crippen LogP contribution in [0.5, 0.6) is 0 Å². The molecule has 0 saturated heterocycles. The summed E-state index contributed by atoms with van der Waals surface area (Å²) in [5.41, 5.74) is 10.7. The van der Waals surface area contributed by atoms with Crippen molar-refractivity contribution in [3.8, 4) is 0 Å². The Morgan fingerprint density at radius 3 is 2.41 bits per heavy atom. The lowest BCUT2D eigenvalue weighted by Gasteiger charge is -2.09. The van der Waals surface area contributed by atoms with Gasteiger partial charge >= 0.3 is 0 Å². The SMILES string of the molecule is NCc1ccc(CNc2nccc3c2ccn3CCCCc2ccccc2)cc1. The number of nitrogens with two attached hydrogens (primary N) is 1. The molecule has 0 aliphatic heterocycles. The van der Waals surface area contributed by atoms with Gasteiger partial charge in [0.15, 0.2) is 0 Å². The van der Waals surface area contributed by atoms with E-state index < -0.39 is 0 Å². The maximum absolute atomic E-state index is 5.67. The minimum absolute atomic E-state index is 0.577. The minimum Gasteiger partial charge on any atom is -0.365 e. The number of nitrogens with one attached hydrogen (secondary N) is 1. The number of benzene rings is 2. The van der Waals surface area contributed by atoms with Crippen LogP contribution in [-0.2, 0) is 26.1 Å². The smallest absolute Gasteiger partial charge is 0.135 e. The van der Waals surface area contributed by atoms with Crippen LogP contribution in [0.3, 0.4) is 0 Å². The topological polar surface area (TPSA) is 55.9 Å². The van der Waals surface area contributed by atoms with Gasteiger partial charge in [0.1, 0.15) is 5.82 Å². The lowest BCUT2D eigenvalue weighted by atomic mass is 10.1. The third kappa shape index (κ3) is 4.84. The van der Waals surface area contributed by atoms with E-state index in [4.69, 9.17) is 5.73 Å². The predicted molar refractivity (Wildman–Crippen MR) is 121 cm³/mol. The molecule has 0 amide bonds. The summed E-state index contributed by atoms with van der Waals surface area (Å²) in [6, 6.07) is 23.4. The Morgan fingerprint density at radius 2 is 1.62 bits per heavy atom. The minimum atomic E-state index is 0.577. The van der Waals surface area contributed by atoms with Crippen molar-refractivity contribution in [3.05, 3.63) is 95.8 Å². The number of unbranched alkanes of at least 4 members (excludes halogenated alkanes) is 1. The average molecular weight is 385 g/mol. The molecule has 0 radical (unpaired) electrons. The fourth-order valence-electron chi connectivity index (χ4n) is 3.69. The number of aromatic nitrogens is 2. The van der Waals surface area contributed by atoms with E-state index in [1.807, 2.05) is 6.20 Å². The Kier molecular flexibility index (Phi) is 6.22. The van der Waals surface area contributed by atoms with Crippen LogP contribution in [0.25, 0.3) is 10.9 Å². The van der Waals surface area contributed by atoms with Gasteiger partial charge in [-0.3, -0.25) is 0 Å². The van der Waals surface area contributed by atoms with Crippen molar-refractivity contribution < 1.29 is 0 Å². The van der Waals surface area contributed by atoms with Gasteiger partial charge in [0.05, 0.1) is 5.52 Å². The van der Waals surface area contributed by atoms with Crippen LogP contribution in [0.4, 0.5) is 5.82 Å². The summed E-state index contributed by atoms with van der Waals surface area (Å²) >= 11 is 0. The Bertz CT molecular complexity index is 1040. The van der Waals surface area contributed by atoms with Gasteiger partial charge in [0, 0.05) is 37.4 Å². The quantitative estimate of drug-likeness (QED) is 0.393. The Hall–Kier alpha value is -3.11. The standard InChI is InChI=1S/C25H28N4/c26-18-21-9-11-22(12-10-21)19-28-25-23-14-17-29(24(23)13-15-27-25)16-5-4-8-20-6-2-1-3-7-20/h1-3,6-7,9-15,17H,4-5,8,16,18-19,26H2,(H,27,28). The summed E-state index contributed by atoms with van der Waals surface area (Å²) < 4.78 is 2.34. The second-order valence-electron chi connectivity index (χ2n) is 7.42. The number of fused-ring (bicyclic) bond motifs is 1. The molecular weight excluding hydrogens is 356 g/mol. The molecule has 2 aromatic heterocycles. The number of hydrogen-bond donors (Lipinski definition) is 2. The lowest BCUT2D eigenvalue weighted by molar-refractivity contribution is 0.624. The first-order valence-electron chi connectivity index (χ1n) is 10.3. The highest BCUT2D eigenvalue weighted by Crippen LogP contribution is 2.23. The molecule has 0 aliphatic carbocycles.